The number of halogens is 1. The standard InChI is InChI=1S/C18H11FN2O3/c1-10-2-4-11(5-3-10)16-20-17(24-21-16)14-9-12-8-13(19)6-7-15(12)23-18(14)22/h2-9H,1H3. The fraction of sp³-hybridized carbons (Fsp3) is 0.0556. The lowest BCUT2D eigenvalue weighted by Gasteiger charge is -1.98. The highest BCUT2D eigenvalue weighted by atomic mass is 19.1. The lowest BCUT2D eigenvalue weighted by atomic mass is 10.1. The molecule has 0 aliphatic heterocycles. The van der Waals surface area contributed by atoms with Gasteiger partial charge in [-0.15, -0.1) is 0 Å². The predicted octanol–water partition coefficient (Wildman–Crippen LogP) is 3.96. The molecule has 0 aliphatic rings. The molecule has 118 valence electrons. The lowest BCUT2D eigenvalue weighted by Crippen LogP contribution is -2.03. The molecule has 0 radical (unpaired) electrons. The quantitative estimate of drug-likeness (QED) is 0.523. The van der Waals surface area contributed by atoms with Crippen molar-refractivity contribution in [3.8, 4) is 22.8 Å². The summed E-state index contributed by atoms with van der Waals surface area (Å²) in [6.07, 6.45) is 0. The Bertz CT molecular complexity index is 1100. The van der Waals surface area contributed by atoms with Crippen molar-refractivity contribution in [3.05, 3.63) is 70.3 Å². The Hall–Kier alpha value is -3.28. The average Bonchev–Trinajstić information content (AvgIpc) is 3.05. The Morgan fingerprint density at radius 3 is 2.62 bits per heavy atom. The first-order valence-corrected chi connectivity index (χ1v) is 7.25. The molecule has 4 rings (SSSR count). The highest BCUT2D eigenvalue weighted by Gasteiger charge is 2.16. The Morgan fingerprint density at radius 1 is 1.04 bits per heavy atom. The minimum atomic E-state index is -0.617. The van der Waals surface area contributed by atoms with E-state index in [2.05, 4.69) is 10.1 Å². The number of rotatable bonds is 2. The van der Waals surface area contributed by atoms with E-state index in [0.717, 1.165) is 11.1 Å². The van der Waals surface area contributed by atoms with Crippen molar-refractivity contribution < 1.29 is 13.3 Å². The minimum absolute atomic E-state index is 0.0329. The summed E-state index contributed by atoms with van der Waals surface area (Å²) in [6, 6.07) is 13.0. The Labute approximate surface area is 135 Å². The van der Waals surface area contributed by atoms with E-state index in [-0.39, 0.29) is 11.5 Å². The number of hydrogen-bond donors (Lipinski definition) is 0. The number of aromatic nitrogens is 2. The van der Waals surface area contributed by atoms with Crippen LogP contribution in [0.15, 0.2) is 62.3 Å². The second kappa shape index (κ2) is 5.42. The summed E-state index contributed by atoms with van der Waals surface area (Å²) in [6.45, 7) is 1.98. The van der Waals surface area contributed by atoms with Crippen LogP contribution in [0.3, 0.4) is 0 Å². The van der Waals surface area contributed by atoms with Gasteiger partial charge >= 0.3 is 5.63 Å². The molecule has 0 aliphatic carbocycles. The van der Waals surface area contributed by atoms with E-state index in [1.54, 1.807) is 0 Å². The maximum atomic E-state index is 13.4. The van der Waals surface area contributed by atoms with Crippen LogP contribution in [0.1, 0.15) is 5.56 Å². The third-order valence-corrected chi connectivity index (χ3v) is 3.66. The summed E-state index contributed by atoms with van der Waals surface area (Å²) in [4.78, 5) is 16.4. The van der Waals surface area contributed by atoms with E-state index < -0.39 is 11.4 Å². The molecule has 5 nitrogen and oxygen atoms in total. The molecule has 6 heteroatoms. The second-order valence-electron chi connectivity index (χ2n) is 5.42. The zero-order chi connectivity index (χ0) is 16.7. The van der Waals surface area contributed by atoms with Crippen LogP contribution in [-0.4, -0.2) is 10.1 Å². The van der Waals surface area contributed by atoms with Crippen LogP contribution in [0.5, 0.6) is 0 Å². The van der Waals surface area contributed by atoms with Crippen LogP contribution in [0.25, 0.3) is 33.8 Å². The normalized spacial score (nSPS) is 11.1. The highest BCUT2D eigenvalue weighted by molar-refractivity contribution is 5.80. The van der Waals surface area contributed by atoms with Gasteiger partial charge in [0.05, 0.1) is 0 Å². The predicted molar refractivity (Wildman–Crippen MR) is 85.9 cm³/mol. The molecule has 0 atom stereocenters. The minimum Gasteiger partial charge on any atom is -0.422 e. The molecule has 0 amide bonds. The van der Waals surface area contributed by atoms with Crippen molar-refractivity contribution in [2.75, 3.05) is 0 Å². The van der Waals surface area contributed by atoms with Gasteiger partial charge in [-0.2, -0.15) is 4.98 Å². The smallest absolute Gasteiger partial charge is 0.349 e. The van der Waals surface area contributed by atoms with Gasteiger partial charge in [0.15, 0.2) is 0 Å². The van der Waals surface area contributed by atoms with Crippen LogP contribution in [0.4, 0.5) is 4.39 Å². The molecule has 0 saturated heterocycles. The third-order valence-electron chi connectivity index (χ3n) is 3.66. The maximum Gasteiger partial charge on any atom is 0.349 e. The topological polar surface area (TPSA) is 69.1 Å². The molecular weight excluding hydrogens is 311 g/mol. The van der Waals surface area contributed by atoms with Gasteiger partial charge in [-0.3, -0.25) is 0 Å². The van der Waals surface area contributed by atoms with Gasteiger partial charge in [0.2, 0.25) is 5.82 Å². The van der Waals surface area contributed by atoms with Crippen LogP contribution in [0.2, 0.25) is 0 Å². The molecule has 0 unspecified atom stereocenters. The Kier molecular flexibility index (Phi) is 3.23. The summed E-state index contributed by atoms with van der Waals surface area (Å²) in [7, 11) is 0. The molecule has 0 spiro atoms. The molecule has 24 heavy (non-hydrogen) atoms. The number of nitrogens with zero attached hydrogens (tertiary/aromatic N) is 2. The number of hydrogen-bond acceptors (Lipinski definition) is 5. The van der Waals surface area contributed by atoms with Crippen molar-refractivity contribution in [1.29, 1.82) is 0 Å². The third kappa shape index (κ3) is 2.48. The first-order valence-electron chi connectivity index (χ1n) is 7.25. The first-order chi connectivity index (χ1) is 11.6. The van der Waals surface area contributed by atoms with Crippen LogP contribution in [-0.2, 0) is 0 Å². The van der Waals surface area contributed by atoms with Gasteiger partial charge < -0.3 is 8.94 Å². The average molecular weight is 322 g/mol. The lowest BCUT2D eigenvalue weighted by molar-refractivity contribution is 0.429. The Morgan fingerprint density at radius 2 is 1.83 bits per heavy atom. The summed E-state index contributed by atoms with van der Waals surface area (Å²) in [5.41, 5.74) is 1.65. The van der Waals surface area contributed by atoms with Gasteiger partial charge in [0.1, 0.15) is 17.0 Å². The van der Waals surface area contributed by atoms with Crippen LogP contribution < -0.4 is 5.63 Å². The van der Waals surface area contributed by atoms with Crippen molar-refractivity contribution in [2.45, 2.75) is 6.92 Å². The first kappa shape index (κ1) is 14.3. The number of fused-ring (bicyclic) bond motifs is 1. The molecule has 0 saturated carbocycles. The molecule has 2 aromatic heterocycles. The van der Waals surface area contributed by atoms with Gasteiger partial charge in [0.25, 0.3) is 5.89 Å². The molecule has 0 N–H and O–H groups in total. The molecule has 4 aromatic rings. The second-order valence-corrected chi connectivity index (χ2v) is 5.42. The van der Waals surface area contributed by atoms with Crippen LogP contribution in [0, 0.1) is 12.7 Å². The molecular formula is C18H11FN2O3. The van der Waals surface area contributed by atoms with E-state index in [0.29, 0.717) is 16.8 Å². The number of benzene rings is 2. The van der Waals surface area contributed by atoms with E-state index in [4.69, 9.17) is 8.94 Å². The number of aryl methyl sites for hydroxylation is 1. The fourth-order valence-corrected chi connectivity index (χ4v) is 2.40. The highest BCUT2D eigenvalue weighted by Crippen LogP contribution is 2.23. The zero-order valence-corrected chi connectivity index (χ0v) is 12.6. The van der Waals surface area contributed by atoms with Gasteiger partial charge in [0, 0.05) is 10.9 Å². The monoisotopic (exact) mass is 322 g/mol. The van der Waals surface area contributed by atoms with Crippen molar-refractivity contribution >= 4 is 11.0 Å². The Balaban J connectivity index is 1.81. The van der Waals surface area contributed by atoms with Crippen molar-refractivity contribution in [1.82, 2.24) is 10.1 Å². The van der Waals surface area contributed by atoms with Gasteiger partial charge in [-0.05, 0) is 31.2 Å². The molecule has 0 bridgehead atoms. The van der Waals surface area contributed by atoms with E-state index in [9.17, 15) is 9.18 Å². The summed E-state index contributed by atoms with van der Waals surface area (Å²) in [5, 5.41) is 4.33. The SMILES string of the molecule is Cc1ccc(-c2noc(-c3cc4cc(F)ccc4oc3=O)n2)cc1. The largest absolute Gasteiger partial charge is 0.422 e. The molecule has 2 heterocycles. The summed E-state index contributed by atoms with van der Waals surface area (Å²) < 4.78 is 23.7. The summed E-state index contributed by atoms with van der Waals surface area (Å²) in [5.74, 6) is -0.0256. The van der Waals surface area contributed by atoms with E-state index in [1.165, 1.54) is 24.3 Å². The van der Waals surface area contributed by atoms with Crippen molar-refractivity contribution in [2.24, 2.45) is 0 Å². The molecule has 0 fully saturated rings. The van der Waals surface area contributed by atoms with E-state index >= 15 is 0 Å². The van der Waals surface area contributed by atoms with Gasteiger partial charge in [-0.1, -0.05) is 35.0 Å². The van der Waals surface area contributed by atoms with Gasteiger partial charge in [-0.25, -0.2) is 9.18 Å². The summed E-state index contributed by atoms with van der Waals surface area (Å²) >= 11 is 0. The zero-order valence-electron chi connectivity index (χ0n) is 12.6. The van der Waals surface area contributed by atoms with E-state index in [1.807, 2.05) is 31.2 Å². The van der Waals surface area contributed by atoms with Crippen molar-refractivity contribution in [3.63, 3.8) is 0 Å². The maximum absolute atomic E-state index is 13.4. The molecule has 2 aromatic carbocycles. The van der Waals surface area contributed by atoms with Crippen LogP contribution >= 0.6 is 0 Å². The fourth-order valence-electron chi connectivity index (χ4n) is 2.40.